The van der Waals surface area contributed by atoms with Crippen molar-refractivity contribution in [2.75, 3.05) is 13.7 Å². The predicted octanol–water partition coefficient (Wildman–Crippen LogP) is 1.79. The first-order valence-electron chi connectivity index (χ1n) is 5.48. The first-order chi connectivity index (χ1) is 7.56. The minimum absolute atomic E-state index is 0.168. The lowest BCUT2D eigenvalue weighted by Crippen LogP contribution is -2.24. The van der Waals surface area contributed by atoms with E-state index in [1.807, 2.05) is 18.7 Å². The standard InChI is InChI=1S/C11H20BrN3O/c1-8-11(12)10(15(2)14-8)7-9(13)5-4-6-16-3/h9H,4-7,13H2,1-3H3. The number of nitrogens with two attached hydrogens (primary N) is 1. The molecule has 0 saturated heterocycles. The van der Waals surface area contributed by atoms with Crippen LogP contribution in [0.25, 0.3) is 0 Å². The Kier molecular flexibility index (Phi) is 5.44. The van der Waals surface area contributed by atoms with E-state index >= 15 is 0 Å². The Balaban J connectivity index is 2.52. The summed E-state index contributed by atoms with van der Waals surface area (Å²) in [7, 11) is 3.67. The molecule has 1 heterocycles. The van der Waals surface area contributed by atoms with Crippen LogP contribution in [0.3, 0.4) is 0 Å². The summed E-state index contributed by atoms with van der Waals surface area (Å²) >= 11 is 3.55. The molecule has 0 fully saturated rings. The van der Waals surface area contributed by atoms with Crippen molar-refractivity contribution >= 4 is 15.9 Å². The van der Waals surface area contributed by atoms with Crippen LogP contribution in [0.15, 0.2) is 4.47 Å². The highest BCUT2D eigenvalue weighted by Gasteiger charge is 2.13. The van der Waals surface area contributed by atoms with Crippen molar-refractivity contribution < 1.29 is 4.74 Å². The molecule has 0 spiro atoms. The zero-order valence-corrected chi connectivity index (χ0v) is 11.7. The van der Waals surface area contributed by atoms with E-state index in [4.69, 9.17) is 10.5 Å². The maximum atomic E-state index is 6.08. The molecule has 0 aliphatic rings. The van der Waals surface area contributed by atoms with E-state index in [1.54, 1.807) is 7.11 Å². The molecule has 0 amide bonds. The average molecular weight is 290 g/mol. The molecule has 1 aromatic heterocycles. The van der Waals surface area contributed by atoms with Gasteiger partial charge in [0.05, 0.1) is 15.9 Å². The quantitative estimate of drug-likeness (QED) is 0.813. The lowest BCUT2D eigenvalue weighted by Gasteiger charge is -2.11. The molecule has 4 nitrogen and oxygen atoms in total. The molecule has 0 aliphatic heterocycles. The topological polar surface area (TPSA) is 53.1 Å². The molecule has 1 unspecified atom stereocenters. The molecule has 5 heteroatoms. The summed E-state index contributed by atoms with van der Waals surface area (Å²) in [5.41, 5.74) is 8.26. The van der Waals surface area contributed by atoms with Crippen molar-refractivity contribution in [2.45, 2.75) is 32.2 Å². The van der Waals surface area contributed by atoms with Crippen molar-refractivity contribution in [2.24, 2.45) is 12.8 Å². The molecule has 0 bridgehead atoms. The number of aryl methyl sites for hydroxylation is 2. The van der Waals surface area contributed by atoms with Crippen molar-refractivity contribution in [3.63, 3.8) is 0 Å². The van der Waals surface area contributed by atoms with E-state index in [1.165, 1.54) is 5.69 Å². The first-order valence-corrected chi connectivity index (χ1v) is 6.28. The zero-order valence-electron chi connectivity index (χ0n) is 10.2. The molecule has 16 heavy (non-hydrogen) atoms. The van der Waals surface area contributed by atoms with Crippen molar-refractivity contribution in [3.8, 4) is 0 Å². The van der Waals surface area contributed by atoms with Gasteiger partial charge in [-0.1, -0.05) is 0 Å². The summed E-state index contributed by atoms with van der Waals surface area (Å²) in [5, 5.41) is 4.35. The molecule has 92 valence electrons. The van der Waals surface area contributed by atoms with Gasteiger partial charge in [-0.05, 0) is 35.7 Å². The molecule has 0 aliphatic carbocycles. The zero-order chi connectivity index (χ0) is 12.1. The van der Waals surface area contributed by atoms with Crippen LogP contribution in [-0.4, -0.2) is 29.5 Å². The number of rotatable bonds is 6. The van der Waals surface area contributed by atoms with Crippen LogP contribution >= 0.6 is 15.9 Å². The Labute approximate surface area is 105 Å². The second-order valence-electron chi connectivity index (χ2n) is 4.07. The van der Waals surface area contributed by atoms with E-state index in [0.29, 0.717) is 0 Å². The van der Waals surface area contributed by atoms with Crippen LogP contribution in [0.2, 0.25) is 0 Å². The third-order valence-electron chi connectivity index (χ3n) is 2.64. The van der Waals surface area contributed by atoms with Crippen LogP contribution in [0.1, 0.15) is 24.2 Å². The van der Waals surface area contributed by atoms with Gasteiger partial charge in [0.25, 0.3) is 0 Å². The van der Waals surface area contributed by atoms with E-state index in [9.17, 15) is 0 Å². The summed E-state index contributed by atoms with van der Waals surface area (Å²) in [5.74, 6) is 0. The summed E-state index contributed by atoms with van der Waals surface area (Å²) in [6.07, 6.45) is 2.83. The van der Waals surface area contributed by atoms with Gasteiger partial charge in [0.15, 0.2) is 0 Å². The number of methoxy groups -OCH3 is 1. The lowest BCUT2D eigenvalue weighted by atomic mass is 10.1. The molecule has 0 aromatic carbocycles. The van der Waals surface area contributed by atoms with Crippen LogP contribution in [0.4, 0.5) is 0 Å². The molecule has 1 aromatic rings. The summed E-state index contributed by atoms with van der Waals surface area (Å²) < 4.78 is 7.99. The van der Waals surface area contributed by atoms with Crippen molar-refractivity contribution in [1.29, 1.82) is 0 Å². The molecular formula is C11H20BrN3O. The van der Waals surface area contributed by atoms with E-state index in [0.717, 1.165) is 36.0 Å². The number of halogens is 1. The fourth-order valence-corrected chi connectivity index (χ4v) is 2.24. The maximum absolute atomic E-state index is 6.08. The van der Waals surface area contributed by atoms with Gasteiger partial charge in [0.2, 0.25) is 0 Å². The fraction of sp³-hybridized carbons (Fsp3) is 0.727. The van der Waals surface area contributed by atoms with Gasteiger partial charge in [-0.2, -0.15) is 5.10 Å². The molecule has 0 saturated carbocycles. The highest BCUT2D eigenvalue weighted by Crippen LogP contribution is 2.21. The lowest BCUT2D eigenvalue weighted by molar-refractivity contribution is 0.190. The number of aromatic nitrogens is 2. The fourth-order valence-electron chi connectivity index (χ4n) is 1.74. The number of ether oxygens (including phenoxy) is 1. The third-order valence-corrected chi connectivity index (χ3v) is 3.67. The Hall–Kier alpha value is -0.390. The van der Waals surface area contributed by atoms with Crippen LogP contribution < -0.4 is 5.73 Å². The van der Waals surface area contributed by atoms with Gasteiger partial charge < -0.3 is 10.5 Å². The van der Waals surface area contributed by atoms with Crippen molar-refractivity contribution in [1.82, 2.24) is 9.78 Å². The summed E-state index contributed by atoms with van der Waals surface area (Å²) in [6, 6.07) is 0.168. The highest BCUT2D eigenvalue weighted by molar-refractivity contribution is 9.10. The summed E-state index contributed by atoms with van der Waals surface area (Å²) in [6.45, 7) is 2.77. The Morgan fingerprint density at radius 3 is 2.75 bits per heavy atom. The minimum atomic E-state index is 0.168. The summed E-state index contributed by atoms with van der Waals surface area (Å²) in [4.78, 5) is 0. The van der Waals surface area contributed by atoms with Crippen LogP contribution in [-0.2, 0) is 18.2 Å². The normalized spacial score (nSPS) is 13.1. The first kappa shape index (κ1) is 13.7. The number of nitrogens with zero attached hydrogens (tertiary/aromatic N) is 2. The second kappa shape index (κ2) is 6.37. The monoisotopic (exact) mass is 289 g/mol. The maximum Gasteiger partial charge on any atom is 0.0738 e. The number of hydrogen-bond acceptors (Lipinski definition) is 3. The van der Waals surface area contributed by atoms with Gasteiger partial charge >= 0.3 is 0 Å². The van der Waals surface area contributed by atoms with E-state index < -0.39 is 0 Å². The molecule has 0 radical (unpaired) electrons. The van der Waals surface area contributed by atoms with E-state index in [-0.39, 0.29) is 6.04 Å². The Morgan fingerprint density at radius 1 is 1.56 bits per heavy atom. The molecule has 1 rings (SSSR count). The van der Waals surface area contributed by atoms with Crippen molar-refractivity contribution in [3.05, 3.63) is 15.9 Å². The van der Waals surface area contributed by atoms with E-state index in [2.05, 4.69) is 21.0 Å². The van der Waals surface area contributed by atoms with Crippen LogP contribution in [0.5, 0.6) is 0 Å². The molecular weight excluding hydrogens is 270 g/mol. The van der Waals surface area contributed by atoms with Gasteiger partial charge in [0.1, 0.15) is 0 Å². The SMILES string of the molecule is COCCCC(N)Cc1c(Br)c(C)nn1C. The number of hydrogen-bond donors (Lipinski definition) is 1. The minimum Gasteiger partial charge on any atom is -0.385 e. The van der Waals surface area contributed by atoms with Gasteiger partial charge in [0, 0.05) is 33.2 Å². The smallest absolute Gasteiger partial charge is 0.0738 e. The van der Waals surface area contributed by atoms with Gasteiger partial charge in [-0.3, -0.25) is 4.68 Å². The second-order valence-corrected chi connectivity index (χ2v) is 4.86. The Morgan fingerprint density at radius 2 is 2.25 bits per heavy atom. The predicted molar refractivity (Wildman–Crippen MR) is 68.4 cm³/mol. The highest BCUT2D eigenvalue weighted by atomic mass is 79.9. The molecule has 1 atom stereocenters. The largest absolute Gasteiger partial charge is 0.385 e. The van der Waals surface area contributed by atoms with Crippen LogP contribution in [0, 0.1) is 6.92 Å². The molecule has 2 N–H and O–H groups in total. The van der Waals surface area contributed by atoms with Gasteiger partial charge in [-0.25, -0.2) is 0 Å². The Bertz CT molecular complexity index is 338. The van der Waals surface area contributed by atoms with Gasteiger partial charge in [-0.15, -0.1) is 0 Å². The average Bonchev–Trinajstić information content (AvgIpc) is 2.46. The third kappa shape index (κ3) is 3.57.